The summed E-state index contributed by atoms with van der Waals surface area (Å²) >= 11 is 0. The van der Waals surface area contributed by atoms with Crippen molar-refractivity contribution in [3.05, 3.63) is 24.8 Å². The third-order valence-corrected chi connectivity index (χ3v) is 1.91. The van der Waals surface area contributed by atoms with E-state index in [0.717, 1.165) is 19.3 Å². The van der Waals surface area contributed by atoms with Crippen LogP contribution in [0.1, 0.15) is 19.3 Å². The highest BCUT2D eigenvalue weighted by Crippen LogP contribution is 2.20. The molecule has 0 heterocycles. The van der Waals surface area contributed by atoms with Crippen LogP contribution in [0.2, 0.25) is 0 Å². The van der Waals surface area contributed by atoms with E-state index in [9.17, 15) is 0 Å². The zero-order valence-corrected chi connectivity index (χ0v) is 6.16. The Labute approximate surface area is 62.1 Å². The number of hydrogen-bond donors (Lipinski definition) is 1. The molecule has 2 atom stereocenters. The second kappa shape index (κ2) is 3.57. The van der Waals surface area contributed by atoms with Crippen LogP contribution in [0.5, 0.6) is 0 Å². The van der Waals surface area contributed by atoms with Gasteiger partial charge >= 0.3 is 0 Å². The highest BCUT2D eigenvalue weighted by Gasteiger charge is 2.11. The molecule has 0 saturated carbocycles. The molecule has 1 N–H and O–H groups in total. The molecule has 0 saturated heterocycles. The lowest BCUT2D eigenvalue weighted by Crippen LogP contribution is -2.11. The SMILES string of the molecule is C=CC[C@H]1C=C[C@@H](O)CC1. The number of allylic oxidation sites excluding steroid dienone is 2. The Morgan fingerprint density at radius 1 is 1.50 bits per heavy atom. The van der Waals surface area contributed by atoms with Gasteiger partial charge in [0.15, 0.2) is 0 Å². The molecule has 0 aromatic heterocycles. The van der Waals surface area contributed by atoms with Crippen molar-refractivity contribution in [3.63, 3.8) is 0 Å². The molecule has 56 valence electrons. The summed E-state index contributed by atoms with van der Waals surface area (Å²) in [6.07, 6.45) is 8.78. The third kappa shape index (κ3) is 1.99. The van der Waals surface area contributed by atoms with Gasteiger partial charge in [0, 0.05) is 0 Å². The second-order valence-corrected chi connectivity index (χ2v) is 2.81. The van der Waals surface area contributed by atoms with Crippen molar-refractivity contribution in [3.8, 4) is 0 Å². The monoisotopic (exact) mass is 138 g/mol. The van der Waals surface area contributed by atoms with Gasteiger partial charge < -0.3 is 5.11 Å². The van der Waals surface area contributed by atoms with E-state index in [-0.39, 0.29) is 6.10 Å². The summed E-state index contributed by atoms with van der Waals surface area (Å²) in [7, 11) is 0. The van der Waals surface area contributed by atoms with E-state index in [1.807, 2.05) is 12.2 Å². The molecule has 0 radical (unpaired) electrons. The summed E-state index contributed by atoms with van der Waals surface area (Å²) in [6, 6.07) is 0. The molecule has 10 heavy (non-hydrogen) atoms. The number of rotatable bonds is 2. The predicted octanol–water partition coefficient (Wildman–Crippen LogP) is 1.89. The van der Waals surface area contributed by atoms with Crippen LogP contribution in [-0.4, -0.2) is 11.2 Å². The number of aliphatic hydroxyl groups is 1. The van der Waals surface area contributed by atoms with Gasteiger partial charge in [-0.1, -0.05) is 18.2 Å². The van der Waals surface area contributed by atoms with Crippen molar-refractivity contribution in [1.82, 2.24) is 0 Å². The lowest BCUT2D eigenvalue weighted by molar-refractivity contribution is 0.195. The first-order valence-corrected chi connectivity index (χ1v) is 3.80. The van der Waals surface area contributed by atoms with Gasteiger partial charge in [0.25, 0.3) is 0 Å². The third-order valence-electron chi connectivity index (χ3n) is 1.91. The molecule has 0 spiro atoms. The van der Waals surface area contributed by atoms with E-state index >= 15 is 0 Å². The maximum absolute atomic E-state index is 9.08. The normalized spacial score (nSPS) is 32.1. The summed E-state index contributed by atoms with van der Waals surface area (Å²) in [6.45, 7) is 3.68. The zero-order chi connectivity index (χ0) is 7.40. The lowest BCUT2D eigenvalue weighted by atomic mass is 9.92. The minimum Gasteiger partial charge on any atom is -0.389 e. The highest BCUT2D eigenvalue weighted by molar-refractivity contribution is 4.99. The Balaban J connectivity index is 2.37. The van der Waals surface area contributed by atoms with Crippen molar-refractivity contribution in [1.29, 1.82) is 0 Å². The van der Waals surface area contributed by atoms with Crippen molar-refractivity contribution in [2.45, 2.75) is 25.4 Å². The summed E-state index contributed by atoms with van der Waals surface area (Å²) in [5, 5.41) is 9.08. The van der Waals surface area contributed by atoms with Gasteiger partial charge in [0.05, 0.1) is 6.10 Å². The van der Waals surface area contributed by atoms with Gasteiger partial charge in [-0.25, -0.2) is 0 Å². The van der Waals surface area contributed by atoms with E-state index in [0.29, 0.717) is 5.92 Å². The van der Waals surface area contributed by atoms with E-state index in [1.165, 1.54) is 0 Å². The van der Waals surface area contributed by atoms with E-state index < -0.39 is 0 Å². The first kappa shape index (κ1) is 7.55. The van der Waals surface area contributed by atoms with Gasteiger partial charge in [-0.05, 0) is 25.2 Å². The fraction of sp³-hybridized carbons (Fsp3) is 0.556. The summed E-state index contributed by atoms with van der Waals surface area (Å²) < 4.78 is 0. The Kier molecular flexibility index (Phi) is 2.69. The van der Waals surface area contributed by atoms with Crippen LogP contribution in [-0.2, 0) is 0 Å². The molecule has 0 amide bonds. The molecule has 1 heteroatoms. The van der Waals surface area contributed by atoms with Crippen molar-refractivity contribution < 1.29 is 5.11 Å². The maximum atomic E-state index is 9.08. The Hall–Kier alpha value is -0.560. The molecule has 0 aliphatic heterocycles. The van der Waals surface area contributed by atoms with Gasteiger partial charge in [0.2, 0.25) is 0 Å². The number of hydrogen-bond acceptors (Lipinski definition) is 1. The molecule has 1 aliphatic rings. The quantitative estimate of drug-likeness (QED) is 0.578. The molecule has 0 unspecified atom stereocenters. The van der Waals surface area contributed by atoms with Crippen molar-refractivity contribution in [2.24, 2.45) is 5.92 Å². The largest absolute Gasteiger partial charge is 0.389 e. The van der Waals surface area contributed by atoms with Crippen LogP contribution in [0.3, 0.4) is 0 Å². The van der Waals surface area contributed by atoms with Crippen LogP contribution in [0.15, 0.2) is 24.8 Å². The fourth-order valence-corrected chi connectivity index (χ4v) is 1.27. The minimum atomic E-state index is -0.193. The standard InChI is InChI=1S/C9H14O/c1-2-3-8-4-6-9(10)7-5-8/h2,4,6,8-10H,1,3,5,7H2/t8-,9+/m0/s1. The molecule has 1 nitrogen and oxygen atoms in total. The maximum Gasteiger partial charge on any atom is 0.0721 e. The van der Waals surface area contributed by atoms with E-state index in [4.69, 9.17) is 5.11 Å². The van der Waals surface area contributed by atoms with Crippen molar-refractivity contribution >= 4 is 0 Å². The Morgan fingerprint density at radius 3 is 2.80 bits per heavy atom. The molecular weight excluding hydrogens is 124 g/mol. The summed E-state index contributed by atoms with van der Waals surface area (Å²) in [5.74, 6) is 0.626. The first-order valence-electron chi connectivity index (χ1n) is 3.80. The second-order valence-electron chi connectivity index (χ2n) is 2.81. The van der Waals surface area contributed by atoms with Crippen LogP contribution in [0, 0.1) is 5.92 Å². The first-order chi connectivity index (χ1) is 4.83. The average molecular weight is 138 g/mol. The highest BCUT2D eigenvalue weighted by atomic mass is 16.3. The van der Waals surface area contributed by atoms with E-state index in [2.05, 4.69) is 12.7 Å². The zero-order valence-electron chi connectivity index (χ0n) is 6.16. The molecule has 0 aromatic carbocycles. The molecule has 0 bridgehead atoms. The summed E-state index contributed by atoms with van der Waals surface area (Å²) in [5.41, 5.74) is 0. The van der Waals surface area contributed by atoms with Crippen LogP contribution >= 0.6 is 0 Å². The summed E-state index contributed by atoms with van der Waals surface area (Å²) in [4.78, 5) is 0. The molecule has 0 aromatic rings. The topological polar surface area (TPSA) is 20.2 Å². The van der Waals surface area contributed by atoms with Crippen molar-refractivity contribution in [2.75, 3.05) is 0 Å². The molecule has 1 rings (SSSR count). The number of aliphatic hydroxyl groups excluding tert-OH is 1. The van der Waals surface area contributed by atoms with E-state index in [1.54, 1.807) is 0 Å². The van der Waals surface area contributed by atoms with Gasteiger partial charge in [0.1, 0.15) is 0 Å². The molecule has 0 fully saturated rings. The lowest BCUT2D eigenvalue weighted by Gasteiger charge is -2.17. The van der Waals surface area contributed by atoms with Crippen LogP contribution in [0.4, 0.5) is 0 Å². The fourth-order valence-electron chi connectivity index (χ4n) is 1.27. The Bertz CT molecular complexity index is 138. The smallest absolute Gasteiger partial charge is 0.0721 e. The van der Waals surface area contributed by atoms with Crippen LogP contribution < -0.4 is 0 Å². The average Bonchev–Trinajstić information content (AvgIpc) is 1.95. The Morgan fingerprint density at radius 2 is 2.30 bits per heavy atom. The van der Waals surface area contributed by atoms with Gasteiger partial charge in [-0.3, -0.25) is 0 Å². The molecule has 1 aliphatic carbocycles. The predicted molar refractivity (Wildman–Crippen MR) is 42.7 cm³/mol. The minimum absolute atomic E-state index is 0.193. The van der Waals surface area contributed by atoms with Gasteiger partial charge in [-0.2, -0.15) is 0 Å². The van der Waals surface area contributed by atoms with Crippen LogP contribution in [0.25, 0.3) is 0 Å². The molecular formula is C9H14O. The van der Waals surface area contributed by atoms with Gasteiger partial charge in [-0.15, -0.1) is 6.58 Å².